The fourth-order valence-electron chi connectivity index (χ4n) is 4.13. The van der Waals surface area contributed by atoms with E-state index in [1.54, 1.807) is 0 Å². The van der Waals surface area contributed by atoms with E-state index in [0.29, 0.717) is 0 Å². The third kappa shape index (κ3) is 6.19. The average Bonchev–Trinajstić information content (AvgIpc) is 2.77. The molecule has 0 radical (unpaired) electrons. The minimum atomic E-state index is -2.37. The van der Waals surface area contributed by atoms with Gasteiger partial charge in [0.2, 0.25) is 0 Å². The Labute approximate surface area is 225 Å². The fraction of sp³-hybridized carbons (Fsp3) is 0.387. The van der Waals surface area contributed by atoms with Crippen molar-refractivity contribution in [2.75, 3.05) is 0 Å². The van der Waals surface area contributed by atoms with E-state index < -0.39 is 6.04 Å². The van der Waals surface area contributed by atoms with Crippen LogP contribution in [0.3, 0.4) is 0 Å². The molecule has 0 aliphatic carbocycles. The lowest BCUT2D eigenvalue weighted by Gasteiger charge is -2.33. The van der Waals surface area contributed by atoms with E-state index in [-0.39, 0.29) is 16.2 Å². The van der Waals surface area contributed by atoms with Crippen molar-refractivity contribution in [2.45, 2.75) is 78.6 Å². The van der Waals surface area contributed by atoms with Crippen molar-refractivity contribution in [3.8, 4) is 0 Å². The molecule has 0 aliphatic heterocycles. The standard InChI is InChI=1S/C31H39ClP2S/c1-29(2,3)22-20-25(30(4,5)6)27(26(21-22)31(7,8)9)33-28(32)34(35,23-16-12-10-13-17-23)24-18-14-11-15-19-24/h10-21H,1-9H3. The van der Waals surface area contributed by atoms with E-state index in [2.05, 4.69) is 123 Å². The molecule has 0 spiro atoms. The summed E-state index contributed by atoms with van der Waals surface area (Å²) >= 11 is 14.0. The average molecular weight is 541 g/mol. The molecule has 3 aromatic rings. The largest absolute Gasteiger partial charge is 0.0868 e. The second kappa shape index (κ2) is 10.3. The molecule has 0 N–H and O–H groups in total. The molecule has 0 fully saturated rings. The monoisotopic (exact) mass is 540 g/mol. The highest BCUT2D eigenvalue weighted by atomic mass is 35.5. The Hall–Kier alpha value is -1.23. The summed E-state index contributed by atoms with van der Waals surface area (Å²) in [6.07, 6.45) is 0. The number of rotatable bonds is 4. The highest BCUT2D eigenvalue weighted by Crippen LogP contribution is 2.50. The lowest BCUT2D eigenvalue weighted by molar-refractivity contribution is 0.554. The van der Waals surface area contributed by atoms with Gasteiger partial charge in [-0.3, -0.25) is 0 Å². The van der Waals surface area contributed by atoms with Gasteiger partial charge in [-0.1, -0.05) is 159 Å². The van der Waals surface area contributed by atoms with Crippen molar-refractivity contribution in [1.82, 2.24) is 0 Å². The van der Waals surface area contributed by atoms with Crippen LogP contribution in [0, 0.1) is 0 Å². The van der Waals surface area contributed by atoms with Crippen molar-refractivity contribution in [1.29, 1.82) is 0 Å². The summed E-state index contributed by atoms with van der Waals surface area (Å²) in [5, 5.41) is 3.59. The minimum Gasteiger partial charge on any atom is -0.0813 e. The van der Waals surface area contributed by atoms with E-state index in [1.165, 1.54) is 22.0 Å². The lowest BCUT2D eigenvalue weighted by Crippen LogP contribution is -2.30. The second-order valence-corrected chi connectivity index (χ2v) is 19.0. The molecule has 4 heteroatoms. The summed E-state index contributed by atoms with van der Waals surface area (Å²) in [7, 11) is 1.01. The molecular formula is C31H39ClP2S. The first kappa shape index (κ1) is 28.3. The van der Waals surface area contributed by atoms with Crippen LogP contribution in [-0.4, -0.2) is 4.49 Å². The quantitative estimate of drug-likeness (QED) is 0.298. The van der Waals surface area contributed by atoms with Crippen molar-refractivity contribution < 1.29 is 0 Å². The number of hydrogen-bond acceptors (Lipinski definition) is 1. The SMILES string of the molecule is CC(C)(C)c1cc(C(C)(C)C)c(P=C(Cl)P(=S)(c2ccccc2)c2ccccc2)c(C(C)(C)C)c1. The molecular weight excluding hydrogens is 502 g/mol. The summed E-state index contributed by atoms with van der Waals surface area (Å²) < 4.78 is 0.851. The van der Waals surface area contributed by atoms with Gasteiger partial charge in [-0.2, -0.15) is 0 Å². The molecule has 0 heterocycles. The molecule has 186 valence electrons. The van der Waals surface area contributed by atoms with Crippen molar-refractivity contribution in [3.63, 3.8) is 0 Å². The van der Waals surface area contributed by atoms with E-state index in [9.17, 15) is 0 Å². The molecule has 0 aliphatic rings. The first-order valence-electron chi connectivity index (χ1n) is 12.2. The van der Waals surface area contributed by atoms with Gasteiger partial charge in [0.05, 0.1) is 10.5 Å². The van der Waals surface area contributed by atoms with Gasteiger partial charge < -0.3 is 0 Å². The van der Waals surface area contributed by atoms with E-state index in [1.807, 2.05) is 12.1 Å². The van der Waals surface area contributed by atoms with Gasteiger partial charge in [0.25, 0.3) is 0 Å². The highest BCUT2D eigenvalue weighted by Gasteiger charge is 2.31. The zero-order chi connectivity index (χ0) is 26.2. The van der Waals surface area contributed by atoms with Crippen molar-refractivity contribution in [2.24, 2.45) is 0 Å². The molecule has 3 aromatic carbocycles. The van der Waals surface area contributed by atoms with Crippen LogP contribution in [0.15, 0.2) is 72.8 Å². The zero-order valence-electron chi connectivity index (χ0n) is 22.6. The predicted octanol–water partition coefficient (Wildman–Crippen LogP) is 8.61. The maximum Gasteiger partial charge on any atom is 0.0868 e. The maximum atomic E-state index is 7.41. The summed E-state index contributed by atoms with van der Waals surface area (Å²) in [6, 6.07) is 23.4. The summed E-state index contributed by atoms with van der Waals surface area (Å²) in [5.74, 6) is 0. The van der Waals surface area contributed by atoms with Crippen molar-refractivity contribution in [3.05, 3.63) is 89.5 Å². The maximum absolute atomic E-state index is 7.41. The van der Waals surface area contributed by atoms with Crippen LogP contribution in [0.25, 0.3) is 0 Å². The summed E-state index contributed by atoms with van der Waals surface area (Å²) in [4.78, 5) is 0. The first-order chi connectivity index (χ1) is 16.1. The number of hydrogen-bond donors (Lipinski definition) is 0. The molecule has 0 amide bonds. The molecule has 0 bridgehead atoms. The van der Waals surface area contributed by atoms with Gasteiger partial charge >= 0.3 is 0 Å². The Kier molecular flexibility index (Phi) is 8.31. The van der Waals surface area contributed by atoms with Gasteiger partial charge in [-0.25, -0.2) is 0 Å². The van der Waals surface area contributed by atoms with Crippen LogP contribution >= 0.6 is 25.8 Å². The van der Waals surface area contributed by atoms with Crippen LogP contribution < -0.4 is 15.9 Å². The molecule has 0 atom stereocenters. The van der Waals surface area contributed by atoms with Crippen LogP contribution in [0.1, 0.15) is 79.0 Å². The van der Waals surface area contributed by atoms with E-state index >= 15 is 0 Å². The zero-order valence-corrected chi connectivity index (χ0v) is 26.0. The molecule has 0 saturated heterocycles. The third-order valence-electron chi connectivity index (χ3n) is 6.30. The Morgan fingerprint density at radius 1 is 0.657 bits per heavy atom. The first-order valence-corrected chi connectivity index (χ1v) is 16.3. The van der Waals surface area contributed by atoms with Gasteiger partial charge in [0, 0.05) is 5.30 Å². The number of benzene rings is 3. The van der Waals surface area contributed by atoms with Gasteiger partial charge in [0.1, 0.15) is 0 Å². The van der Waals surface area contributed by atoms with Gasteiger partial charge in [0.15, 0.2) is 0 Å². The second-order valence-electron chi connectivity index (χ2n) is 12.3. The smallest absolute Gasteiger partial charge is 0.0813 e. The topological polar surface area (TPSA) is 0 Å². The van der Waals surface area contributed by atoms with Crippen LogP contribution in [-0.2, 0) is 28.1 Å². The predicted molar refractivity (Wildman–Crippen MR) is 166 cm³/mol. The molecule has 0 unspecified atom stereocenters. The molecule has 0 saturated carbocycles. The molecule has 0 nitrogen and oxygen atoms in total. The lowest BCUT2D eigenvalue weighted by atomic mass is 9.75. The Bertz CT molecular complexity index is 1180. The Balaban J connectivity index is 2.41. The van der Waals surface area contributed by atoms with Crippen molar-refractivity contribution >= 4 is 58.1 Å². The Morgan fingerprint density at radius 3 is 1.34 bits per heavy atom. The van der Waals surface area contributed by atoms with Crippen LogP contribution in [0.5, 0.6) is 0 Å². The van der Waals surface area contributed by atoms with E-state index in [0.717, 1.165) is 23.3 Å². The minimum absolute atomic E-state index is 0.0250. The Morgan fingerprint density at radius 2 is 1.03 bits per heavy atom. The van der Waals surface area contributed by atoms with E-state index in [4.69, 9.17) is 23.4 Å². The fourth-order valence-corrected chi connectivity index (χ4v) is 10.8. The normalized spacial score (nSPS) is 13.7. The molecule has 35 heavy (non-hydrogen) atoms. The third-order valence-corrected chi connectivity index (χ3v) is 14.5. The summed E-state index contributed by atoms with van der Waals surface area (Å²) in [5.41, 5.74) is 4.10. The van der Waals surface area contributed by atoms with Gasteiger partial charge in [-0.05, 0) is 51.7 Å². The van der Waals surface area contributed by atoms with Crippen LogP contribution in [0.2, 0.25) is 0 Å². The number of halogens is 1. The highest BCUT2D eigenvalue weighted by molar-refractivity contribution is 8.34. The molecule has 0 aromatic heterocycles. The van der Waals surface area contributed by atoms with Gasteiger partial charge in [-0.15, -0.1) is 0 Å². The molecule has 3 rings (SSSR count). The van der Waals surface area contributed by atoms with Crippen LogP contribution in [0.4, 0.5) is 0 Å². The summed E-state index contributed by atoms with van der Waals surface area (Å²) in [6.45, 7) is 20.7.